The lowest BCUT2D eigenvalue weighted by Gasteiger charge is -2.26. The Kier molecular flexibility index (Phi) is 4.53. The molecule has 0 spiro atoms. The average Bonchev–Trinajstić information content (AvgIpc) is 3.30. The number of nitriles is 1. The summed E-state index contributed by atoms with van der Waals surface area (Å²) >= 11 is 1.26. The van der Waals surface area contributed by atoms with Crippen molar-refractivity contribution in [2.75, 3.05) is 5.75 Å². The molecular weight excluding hydrogens is 288 g/mol. The van der Waals surface area contributed by atoms with E-state index in [2.05, 4.69) is 5.32 Å². The maximum Gasteiger partial charge on any atom is 0.329 e. The SMILES string of the molecule is CC(NC(=O)c1ccccc1SCC#N)(C(=O)O)C1CC1. The number of nitrogens with zero attached hydrogens (tertiary/aromatic N) is 1. The second-order valence-electron chi connectivity index (χ2n) is 5.18. The van der Waals surface area contributed by atoms with Crippen LogP contribution in [0, 0.1) is 17.2 Å². The minimum atomic E-state index is -1.23. The summed E-state index contributed by atoms with van der Waals surface area (Å²) in [6, 6.07) is 8.92. The van der Waals surface area contributed by atoms with Crippen molar-refractivity contribution in [1.29, 1.82) is 5.26 Å². The molecule has 0 bridgehead atoms. The highest BCUT2D eigenvalue weighted by Crippen LogP contribution is 2.40. The number of nitrogens with one attached hydrogen (secondary N) is 1. The maximum absolute atomic E-state index is 12.4. The number of carboxylic acids is 1. The number of carbonyl (C=O) groups is 2. The van der Waals surface area contributed by atoms with Crippen LogP contribution in [0.4, 0.5) is 0 Å². The molecule has 1 aliphatic rings. The van der Waals surface area contributed by atoms with Gasteiger partial charge < -0.3 is 10.4 Å². The molecule has 1 amide bonds. The van der Waals surface area contributed by atoms with E-state index in [1.807, 2.05) is 6.07 Å². The van der Waals surface area contributed by atoms with Crippen molar-refractivity contribution < 1.29 is 14.7 Å². The number of rotatable bonds is 6. The number of thioether (sulfide) groups is 1. The molecule has 1 aromatic carbocycles. The Morgan fingerprint density at radius 2 is 2.14 bits per heavy atom. The smallest absolute Gasteiger partial charge is 0.329 e. The van der Waals surface area contributed by atoms with Crippen molar-refractivity contribution >= 4 is 23.6 Å². The molecule has 2 N–H and O–H groups in total. The molecule has 1 aliphatic carbocycles. The van der Waals surface area contributed by atoms with Crippen LogP contribution in [0.3, 0.4) is 0 Å². The van der Waals surface area contributed by atoms with Gasteiger partial charge in [0.1, 0.15) is 5.54 Å². The molecule has 0 saturated heterocycles. The van der Waals surface area contributed by atoms with Crippen LogP contribution in [0.25, 0.3) is 0 Å². The molecule has 6 heteroatoms. The fourth-order valence-electron chi connectivity index (χ4n) is 2.18. The minimum absolute atomic E-state index is 0.0159. The first-order chi connectivity index (χ1) is 9.99. The average molecular weight is 304 g/mol. The summed E-state index contributed by atoms with van der Waals surface area (Å²) in [5.41, 5.74) is -0.824. The number of amides is 1. The molecule has 0 heterocycles. The van der Waals surface area contributed by atoms with Crippen LogP contribution in [0.15, 0.2) is 29.2 Å². The molecule has 5 nitrogen and oxygen atoms in total. The first-order valence-electron chi connectivity index (χ1n) is 6.63. The van der Waals surface area contributed by atoms with E-state index in [9.17, 15) is 14.7 Å². The van der Waals surface area contributed by atoms with Crippen LogP contribution in [0.5, 0.6) is 0 Å². The number of hydrogen-bond acceptors (Lipinski definition) is 4. The third-order valence-corrected chi connectivity index (χ3v) is 4.58. The standard InChI is InChI=1S/C15H16N2O3S/c1-15(14(19)20,10-6-7-10)17-13(18)11-4-2-3-5-12(11)21-9-8-16/h2-5,10H,6-7,9H2,1H3,(H,17,18)(H,19,20). The van der Waals surface area contributed by atoms with Gasteiger partial charge in [-0.15, -0.1) is 11.8 Å². The summed E-state index contributed by atoms with van der Waals surface area (Å²) in [7, 11) is 0. The number of benzene rings is 1. The molecule has 2 rings (SSSR count). The molecular formula is C15H16N2O3S. The third kappa shape index (κ3) is 3.37. The van der Waals surface area contributed by atoms with Gasteiger partial charge in [0, 0.05) is 4.90 Å². The van der Waals surface area contributed by atoms with Crippen LogP contribution < -0.4 is 5.32 Å². The van der Waals surface area contributed by atoms with E-state index in [-0.39, 0.29) is 11.7 Å². The van der Waals surface area contributed by atoms with Gasteiger partial charge in [0.15, 0.2) is 0 Å². The Morgan fingerprint density at radius 1 is 1.48 bits per heavy atom. The lowest BCUT2D eigenvalue weighted by molar-refractivity contribution is -0.144. The van der Waals surface area contributed by atoms with Crippen LogP contribution in [-0.4, -0.2) is 28.3 Å². The molecule has 0 radical (unpaired) electrons. The quantitative estimate of drug-likeness (QED) is 0.787. The topological polar surface area (TPSA) is 90.2 Å². The maximum atomic E-state index is 12.4. The monoisotopic (exact) mass is 304 g/mol. The molecule has 110 valence electrons. The third-order valence-electron chi connectivity index (χ3n) is 3.64. The Bertz CT molecular complexity index is 607. The van der Waals surface area contributed by atoms with Crippen LogP contribution in [0.1, 0.15) is 30.1 Å². The van der Waals surface area contributed by atoms with Crippen molar-refractivity contribution in [3.05, 3.63) is 29.8 Å². The second kappa shape index (κ2) is 6.19. The van der Waals surface area contributed by atoms with Crippen molar-refractivity contribution in [2.45, 2.75) is 30.2 Å². The van der Waals surface area contributed by atoms with E-state index < -0.39 is 17.4 Å². The van der Waals surface area contributed by atoms with E-state index in [0.29, 0.717) is 10.5 Å². The summed E-state index contributed by atoms with van der Waals surface area (Å²) in [4.78, 5) is 24.6. The number of hydrogen-bond donors (Lipinski definition) is 2. The van der Waals surface area contributed by atoms with Crippen molar-refractivity contribution in [2.24, 2.45) is 5.92 Å². The highest BCUT2D eigenvalue weighted by Gasteiger charge is 2.48. The van der Waals surface area contributed by atoms with Crippen LogP contribution in [0.2, 0.25) is 0 Å². The van der Waals surface area contributed by atoms with E-state index in [1.165, 1.54) is 11.8 Å². The lowest BCUT2D eigenvalue weighted by Crippen LogP contribution is -2.54. The van der Waals surface area contributed by atoms with Gasteiger partial charge in [0.2, 0.25) is 0 Å². The summed E-state index contributed by atoms with van der Waals surface area (Å²) < 4.78 is 0. The normalized spacial score (nSPS) is 16.6. The van der Waals surface area contributed by atoms with Gasteiger partial charge >= 0.3 is 5.97 Å². The summed E-state index contributed by atoms with van der Waals surface area (Å²) in [6.45, 7) is 1.55. The predicted octanol–water partition coefficient (Wildman–Crippen LogP) is 2.29. The molecule has 1 saturated carbocycles. The van der Waals surface area contributed by atoms with E-state index in [1.54, 1.807) is 31.2 Å². The molecule has 1 fully saturated rings. The highest BCUT2D eigenvalue weighted by molar-refractivity contribution is 7.99. The van der Waals surface area contributed by atoms with Gasteiger partial charge in [-0.3, -0.25) is 4.79 Å². The Hall–Kier alpha value is -2.00. The Labute approximate surface area is 127 Å². The van der Waals surface area contributed by atoms with Gasteiger partial charge in [0.25, 0.3) is 5.91 Å². The van der Waals surface area contributed by atoms with Crippen molar-refractivity contribution in [1.82, 2.24) is 5.32 Å². The van der Waals surface area contributed by atoms with Crippen LogP contribution in [-0.2, 0) is 4.79 Å². The molecule has 21 heavy (non-hydrogen) atoms. The Balaban J connectivity index is 2.20. The minimum Gasteiger partial charge on any atom is -0.480 e. The van der Waals surface area contributed by atoms with E-state index >= 15 is 0 Å². The van der Waals surface area contributed by atoms with Gasteiger partial charge in [-0.25, -0.2) is 4.79 Å². The number of aliphatic carboxylic acids is 1. The number of carbonyl (C=O) groups excluding carboxylic acids is 1. The molecule has 0 aliphatic heterocycles. The van der Waals surface area contributed by atoms with Gasteiger partial charge in [-0.05, 0) is 37.8 Å². The largest absolute Gasteiger partial charge is 0.480 e. The molecule has 1 aromatic rings. The second-order valence-corrected chi connectivity index (χ2v) is 6.20. The van der Waals surface area contributed by atoms with E-state index in [0.717, 1.165) is 12.8 Å². The van der Waals surface area contributed by atoms with E-state index in [4.69, 9.17) is 5.26 Å². The van der Waals surface area contributed by atoms with Gasteiger partial charge in [-0.2, -0.15) is 5.26 Å². The first kappa shape index (κ1) is 15.4. The zero-order valence-corrected chi connectivity index (χ0v) is 12.4. The van der Waals surface area contributed by atoms with Gasteiger partial charge in [-0.1, -0.05) is 12.1 Å². The predicted molar refractivity (Wildman–Crippen MR) is 79.0 cm³/mol. The zero-order valence-electron chi connectivity index (χ0n) is 11.6. The Morgan fingerprint density at radius 3 is 2.71 bits per heavy atom. The molecule has 0 aromatic heterocycles. The van der Waals surface area contributed by atoms with Crippen LogP contribution >= 0.6 is 11.8 Å². The summed E-state index contributed by atoms with van der Waals surface area (Å²) in [5.74, 6) is -1.20. The zero-order chi connectivity index (χ0) is 15.5. The van der Waals surface area contributed by atoms with Crippen molar-refractivity contribution in [3.8, 4) is 6.07 Å². The van der Waals surface area contributed by atoms with Crippen molar-refractivity contribution in [3.63, 3.8) is 0 Å². The lowest BCUT2D eigenvalue weighted by atomic mass is 9.95. The fourth-order valence-corrected chi connectivity index (χ4v) is 2.90. The van der Waals surface area contributed by atoms with Gasteiger partial charge in [0.05, 0.1) is 17.4 Å². The fraction of sp³-hybridized carbons (Fsp3) is 0.400. The molecule has 1 atom stereocenters. The number of carboxylic acid groups (broad SMARTS) is 1. The first-order valence-corrected chi connectivity index (χ1v) is 7.62. The summed E-state index contributed by atoms with van der Waals surface area (Å²) in [5, 5.41) is 20.7. The highest BCUT2D eigenvalue weighted by atomic mass is 32.2. The molecule has 1 unspecified atom stereocenters. The summed E-state index contributed by atoms with van der Waals surface area (Å²) in [6.07, 6.45) is 1.63.